The summed E-state index contributed by atoms with van der Waals surface area (Å²) in [7, 11) is 0. The lowest BCUT2D eigenvalue weighted by Crippen LogP contribution is -2.36. The molecule has 0 aliphatic carbocycles. The van der Waals surface area contributed by atoms with E-state index in [1.807, 2.05) is 23.8 Å². The molecule has 0 saturated carbocycles. The Morgan fingerprint density at radius 2 is 2.50 bits per heavy atom. The summed E-state index contributed by atoms with van der Waals surface area (Å²) in [5.41, 5.74) is 6.17. The molecular weight excluding hydrogens is 146 g/mol. The molecule has 2 nitrogen and oxygen atoms in total. The van der Waals surface area contributed by atoms with Crippen LogP contribution in [0.2, 0.25) is 0 Å². The molecule has 1 heterocycles. The van der Waals surface area contributed by atoms with Crippen LogP contribution in [-0.2, 0) is 5.54 Å². The van der Waals surface area contributed by atoms with Gasteiger partial charge in [-0.05, 0) is 29.3 Å². The van der Waals surface area contributed by atoms with Crippen LogP contribution >= 0.6 is 11.3 Å². The lowest BCUT2D eigenvalue weighted by Gasteiger charge is -2.19. The van der Waals surface area contributed by atoms with E-state index in [1.165, 1.54) is 0 Å². The molecule has 1 atom stereocenters. The van der Waals surface area contributed by atoms with Gasteiger partial charge >= 0.3 is 0 Å². The fraction of sp³-hybridized carbons (Fsp3) is 0.429. The maximum absolute atomic E-state index is 8.85. The van der Waals surface area contributed by atoms with Gasteiger partial charge in [0.15, 0.2) is 0 Å². The molecule has 0 unspecified atom stereocenters. The van der Waals surface area contributed by atoms with Gasteiger partial charge < -0.3 is 10.8 Å². The minimum atomic E-state index is -0.569. The lowest BCUT2D eigenvalue weighted by molar-refractivity contribution is 0.210. The van der Waals surface area contributed by atoms with E-state index in [2.05, 4.69) is 0 Å². The third-order valence-corrected chi connectivity index (χ3v) is 2.19. The van der Waals surface area contributed by atoms with Gasteiger partial charge in [0.2, 0.25) is 0 Å². The first-order valence-electron chi connectivity index (χ1n) is 3.09. The van der Waals surface area contributed by atoms with Crippen LogP contribution in [-0.4, -0.2) is 11.7 Å². The SMILES string of the molecule is C[C@](N)(CO)c1ccsc1. The number of aliphatic hydroxyl groups excluding tert-OH is 1. The minimum absolute atomic E-state index is 0.0102. The topological polar surface area (TPSA) is 46.2 Å². The zero-order valence-corrected chi connectivity index (χ0v) is 6.69. The molecule has 1 aromatic heterocycles. The molecular formula is C7H11NOS. The van der Waals surface area contributed by atoms with Crippen molar-refractivity contribution in [3.63, 3.8) is 0 Å². The molecule has 0 spiro atoms. The molecule has 0 saturated heterocycles. The Balaban J connectivity index is 2.85. The Labute approximate surface area is 64.3 Å². The molecule has 0 fully saturated rings. The first-order chi connectivity index (χ1) is 4.67. The summed E-state index contributed by atoms with van der Waals surface area (Å²) >= 11 is 1.59. The monoisotopic (exact) mass is 157 g/mol. The van der Waals surface area contributed by atoms with Crippen molar-refractivity contribution in [2.24, 2.45) is 5.73 Å². The predicted molar refractivity (Wildman–Crippen MR) is 42.9 cm³/mol. The summed E-state index contributed by atoms with van der Waals surface area (Å²) in [4.78, 5) is 0. The molecule has 0 aliphatic rings. The number of aliphatic hydroxyl groups is 1. The highest BCUT2D eigenvalue weighted by atomic mass is 32.1. The summed E-state index contributed by atoms with van der Waals surface area (Å²) < 4.78 is 0. The Morgan fingerprint density at radius 1 is 1.80 bits per heavy atom. The van der Waals surface area contributed by atoms with Gasteiger partial charge in [-0.15, -0.1) is 0 Å². The molecule has 10 heavy (non-hydrogen) atoms. The second kappa shape index (κ2) is 2.70. The van der Waals surface area contributed by atoms with Crippen LogP contribution in [0.15, 0.2) is 16.8 Å². The predicted octanol–water partition coefficient (Wildman–Crippen LogP) is 0.914. The van der Waals surface area contributed by atoms with Crippen LogP contribution in [0.1, 0.15) is 12.5 Å². The molecule has 0 amide bonds. The summed E-state index contributed by atoms with van der Waals surface area (Å²) in [6.07, 6.45) is 0. The van der Waals surface area contributed by atoms with Crippen LogP contribution in [0.25, 0.3) is 0 Å². The highest BCUT2D eigenvalue weighted by molar-refractivity contribution is 7.08. The minimum Gasteiger partial charge on any atom is -0.394 e. The maximum Gasteiger partial charge on any atom is 0.0650 e. The van der Waals surface area contributed by atoms with Crippen molar-refractivity contribution >= 4 is 11.3 Å². The lowest BCUT2D eigenvalue weighted by atomic mass is 9.98. The highest BCUT2D eigenvalue weighted by Gasteiger charge is 2.19. The molecule has 0 aliphatic heterocycles. The third kappa shape index (κ3) is 1.37. The number of thiophene rings is 1. The quantitative estimate of drug-likeness (QED) is 0.670. The Morgan fingerprint density at radius 3 is 2.90 bits per heavy atom. The summed E-state index contributed by atoms with van der Waals surface area (Å²) in [5.74, 6) is 0. The molecule has 3 N–H and O–H groups in total. The number of hydrogen-bond donors (Lipinski definition) is 2. The van der Waals surface area contributed by atoms with Crippen LogP contribution in [0.5, 0.6) is 0 Å². The molecule has 56 valence electrons. The Kier molecular flexibility index (Phi) is 2.08. The highest BCUT2D eigenvalue weighted by Crippen LogP contribution is 2.19. The average molecular weight is 157 g/mol. The Hall–Kier alpha value is -0.380. The largest absolute Gasteiger partial charge is 0.394 e. The molecule has 1 aromatic rings. The maximum atomic E-state index is 8.85. The molecule has 0 aromatic carbocycles. The van der Waals surface area contributed by atoms with Crippen LogP contribution in [0.4, 0.5) is 0 Å². The summed E-state index contributed by atoms with van der Waals surface area (Å²) in [5, 5.41) is 12.8. The van der Waals surface area contributed by atoms with E-state index >= 15 is 0 Å². The van der Waals surface area contributed by atoms with Crippen LogP contribution in [0, 0.1) is 0 Å². The van der Waals surface area contributed by atoms with Crippen molar-refractivity contribution in [1.29, 1.82) is 0 Å². The number of nitrogens with two attached hydrogens (primary N) is 1. The Bertz CT molecular complexity index is 193. The summed E-state index contributed by atoms with van der Waals surface area (Å²) in [6.45, 7) is 1.80. The number of rotatable bonds is 2. The van der Waals surface area contributed by atoms with Gasteiger partial charge in [-0.1, -0.05) is 0 Å². The van der Waals surface area contributed by atoms with Crippen molar-refractivity contribution in [3.05, 3.63) is 22.4 Å². The van der Waals surface area contributed by atoms with Crippen LogP contribution in [0.3, 0.4) is 0 Å². The third-order valence-electron chi connectivity index (χ3n) is 1.51. The second-order valence-electron chi connectivity index (χ2n) is 2.59. The van der Waals surface area contributed by atoms with Gasteiger partial charge in [0.1, 0.15) is 0 Å². The van der Waals surface area contributed by atoms with Crippen molar-refractivity contribution < 1.29 is 5.11 Å². The molecule has 3 heteroatoms. The second-order valence-corrected chi connectivity index (χ2v) is 3.37. The van der Waals surface area contributed by atoms with Crippen molar-refractivity contribution in [1.82, 2.24) is 0 Å². The van der Waals surface area contributed by atoms with Crippen molar-refractivity contribution in [3.8, 4) is 0 Å². The zero-order valence-electron chi connectivity index (χ0n) is 5.87. The standard InChI is InChI=1S/C7H11NOS/c1-7(8,5-9)6-2-3-10-4-6/h2-4,9H,5,8H2,1H3/t7-/m0/s1. The smallest absolute Gasteiger partial charge is 0.0650 e. The number of hydrogen-bond acceptors (Lipinski definition) is 3. The van der Waals surface area contributed by atoms with Gasteiger partial charge in [-0.2, -0.15) is 11.3 Å². The van der Waals surface area contributed by atoms with E-state index in [0.717, 1.165) is 5.56 Å². The normalized spacial score (nSPS) is 16.7. The van der Waals surface area contributed by atoms with E-state index < -0.39 is 5.54 Å². The molecule has 0 bridgehead atoms. The van der Waals surface area contributed by atoms with Crippen molar-refractivity contribution in [2.45, 2.75) is 12.5 Å². The molecule has 1 rings (SSSR count). The molecule has 0 radical (unpaired) electrons. The van der Waals surface area contributed by atoms with Crippen LogP contribution < -0.4 is 5.73 Å². The first kappa shape index (κ1) is 7.72. The van der Waals surface area contributed by atoms with Gasteiger partial charge in [0, 0.05) is 0 Å². The fourth-order valence-corrected chi connectivity index (χ4v) is 1.48. The fourth-order valence-electron chi connectivity index (χ4n) is 0.681. The zero-order chi connectivity index (χ0) is 7.61. The van der Waals surface area contributed by atoms with E-state index in [0.29, 0.717) is 0 Å². The van der Waals surface area contributed by atoms with E-state index in [1.54, 1.807) is 11.3 Å². The van der Waals surface area contributed by atoms with Crippen molar-refractivity contribution in [2.75, 3.05) is 6.61 Å². The van der Waals surface area contributed by atoms with E-state index in [-0.39, 0.29) is 6.61 Å². The van der Waals surface area contributed by atoms with Gasteiger partial charge in [0.05, 0.1) is 12.1 Å². The van der Waals surface area contributed by atoms with E-state index in [4.69, 9.17) is 10.8 Å². The van der Waals surface area contributed by atoms with Gasteiger partial charge in [-0.3, -0.25) is 0 Å². The van der Waals surface area contributed by atoms with Gasteiger partial charge in [-0.25, -0.2) is 0 Å². The van der Waals surface area contributed by atoms with Gasteiger partial charge in [0.25, 0.3) is 0 Å². The average Bonchev–Trinajstić information content (AvgIpc) is 2.38. The summed E-state index contributed by atoms with van der Waals surface area (Å²) in [6, 6.07) is 1.93. The first-order valence-corrected chi connectivity index (χ1v) is 4.03. The van der Waals surface area contributed by atoms with E-state index in [9.17, 15) is 0 Å².